The van der Waals surface area contributed by atoms with Crippen molar-refractivity contribution >= 4 is 23.2 Å². The SMILES string of the molecule is CCOc1cc(NC(=O)c2ccc(C)o2)c(OCC)cc1NC(=O)c1ccccc1. The van der Waals surface area contributed by atoms with Gasteiger partial charge in [-0.05, 0) is 45.0 Å². The number of hydrogen-bond acceptors (Lipinski definition) is 5. The number of rotatable bonds is 8. The van der Waals surface area contributed by atoms with Crippen molar-refractivity contribution in [3.8, 4) is 11.5 Å². The molecule has 3 rings (SSSR count). The summed E-state index contributed by atoms with van der Waals surface area (Å²) >= 11 is 0. The number of anilines is 2. The Kier molecular flexibility index (Phi) is 6.75. The zero-order chi connectivity index (χ0) is 21.5. The molecule has 0 fully saturated rings. The van der Waals surface area contributed by atoms with E-state index < -0.39 is 5.91 Å². The lowest BCUT2D eigenvalue weighted by Crippen LogP contribution is -2.15. The molecule has 3 aromatic rings. The molecule has 156 valence electrons. The van der Waals surface area contributed by atoms with Crippen LogP contribution < -0.4 is 20.1 Å². The molecule has 0 spiro atoms. The minimum Gasteiger partial charge on any atom is -0.492 e. The highest BCUT2D eigenvalue weighted by molar-refractivity contribution is 6.06. The summed E-state index contributed by atoms with van der Waals surface area (Å²) in [5, 5.41) is 5.64. The van der Waals surface area contributed by atoms with Crippen LogP contribution >= 0.6 is 0 Å². The maximum absolute atomic E-state index is 12.6. The second kappa shape index (κ2) is 9.65. The summed E-state index contributed by atoms with van der Waals surface area (Å²) in [6, 6.07) is 15.4. The lowest BCUT2D eigenvalue weighted by Gasteiger charge is -2.17. The van der Waals surface area contributed by atoms with Crippen molar-refractivity contribution in [3.63, 3.8) is 0 Å². The van der Waals surface area contributed by atoms with Gasteiger partial charge in [-0.1, -0.05) is 18.2 Å². The first-order valence-corrected chi connectivity index (χ1v) is 9.69. The minimum atomic E-state index is -0.410. The molecule has 0 saturated heterocycles. The molecule has 1 heterocycles. The summed E-state index contributed by atoms with van der Waals surface area (Å²) in [4.78, 5) is 25.1. The van der Waals surface area contributed by atoms with Gasteiger partial charge in [0.25, 0.3) is 11.8 Å². The van der Waals surface area contributed by atoms with E-state index >= 15 is 0 Å². The lowest BCUT2D eigenvalue weighted by molar-refractivity contribution is 0.0992. The molecule has 30 heavy (non-hydrogen) atoms. The highest BCUT2D eigenvalue weighted by Gasteiger charge is 2.18. The van der Waals surface area contributed by atoms with E-state index in [2.05, 4.69) is 10.6 Å². The van der Waals surface area contributed by atoms with Crippen molar-refractivity contribution in [1.82, 2.24) is 0 Å². The van der Waals surface area contributed by atoms with Gasteiger partial charge in [0, 0.05) is 17.7 Å². The molecule has 0 atom stereocenters. The van der Waals surface area contributed by atoms with Crippen LogP contribution in [0, 0.1) is 6.92 Å². The van der Waals surface area contributed by atoms with E-state index in [-0.39, 0.29) is 11.7 Å². The van der Waals surface area contributed by atoms with Gasteiger partial charge in [0.1, 0.15) is 17.3 Å². The van der Waals surface area contributed by atoms with Crippen LogP contribution in [0.15, 0.2) is 59.0 Å². The smallest absolute Gasteiger partial charge is 0.291 e. The van der Waals surface area contributed by atoms with E-state index in [1.54, 1.807) is 55.5 Å². The Labute approximate surface area is 175 Å². The van der Waals surface area contributed by atoms with Crippen LogP contribution in [-0.4, -0.2) is 25.0 Å². The normalized spacial score (nSPS) is 10.4. The molecule has 0 radical (unpaired) electrons. The Morgan fingerprint density at radius 1 is 0.833 bits per heavy atom. The first-order chi connectivity index (χ1) is 14.5. The predicted molar refractivity (Wildman–Crippen MR) is 115 cm³/mol. The minimum absolute atomic E-state index is 0.189. The van der Waals surface area contributed by atoms with Gasteiger partial charge >= 0.3 is 0 Å². The number of ether oxygens (including phenoxy) is 2. The fourth-order valence-corrected chi connectivity index (χ4v) is 2.83. The zero-order valence-corrected chi connectivity index (χ0v) is 17.2. The van der Waals surface area contributed by atoms with Gasteiger partial charge in [-0.15, -0.1) is 0 Å². The third kappa shape index (κ3) is 5.00. The van der Waals surface area contributed by atoms with Gasteiger partial charge in [0.2, 0.25) is 0 Å². The van der Waals surface area contributed by atoms with Crippen LogP contribution in [0.25, 0.3) is 0 Å². The Morgan fingerprint density at radius 3 is 1.90 bits per heavy atom. The largest absolute Gasteiger partial charge is 0.492 e. The van der Waals surface area contributed by atoms with E-state index in [0.717, 1.165) is 0 Å². The fraction of sp³-hybridized carbons (Fsp3) is 0.217. The number of amides is 2. The lowest BCUT2D eigenvalue weighted by atomic mass is 10.2. The van der Waals surface area contributed by atoms with Crippen molar-refractivity contribution in [2.24, 2.45) is 0 Å². The van der Waals surface area contributed by atoms with E-state index in [4.69, 9.17) is 13.9 Å². The molecule has 0 unspecified atom stereocenters. The van der Waals surface area contributed by atoms with Crippen molar-refractivity contribution in [3.05, 3.63) is 71.7 Å². The highest BCUT2D eigenvalue weighted by atomic mass is 16.5. The summed E-state index contributed by atoms with van der Waals surface area (Å²) in [6.45, 7) is 6.19. The molecule has 0 aliphatic heterocycles. The van der Waals surface area contributed by atoms with Crippen LogP contribution in [0.2, 0.25) is 0 Å². The molecular formula is C23H24N2O5. The van der Waals surface area contributed by atoms with Crippen LogP contribution in [0.1, 0.15) is 40.5 Å². The number of hydrogen-bond donors (Lipinski definition) is 2. The van der Waals surface area contributed by atoms with E-state index in [1.165, 1.54) is 0 Å². The monoisotopic (exact) mass is 408 g/mol. The van der Waals surface area contributed by atoms with Crippen LogP contribution in [-0.2, 0) is 0 Å². The summed E-state index contributed by atoms with van der Waals surface area (Å²) in [5.74, 6) is 0.958. The van der Waals surface area contributed by atoms with Crippen molar-refractivity contribution in [2.75, 3.05) is 23.8 Å². The first kappa shape index (κ1) is 21.0. The molecule has 2 N–H and O–H groups in total. The Hall–Kier alpha value is -3.74. The average molecular weight is 408 g/mol. The van der Waals surface area contributed by atoms with Crippen molar-refractivity contribution < 1.29 is 23.5 Å². The number of furan rings is 1. The predicted octanol–water partition coefficient (Wildman–Crippen LogP) is 4.89. The van der Waals surface area contributed by atoms with Crippen molar-refractivity contribution in [1.29, 1.82) is 0 Å². The van der Waals surface area contributed by atoms with E-state index in [0.29, 0.717) is 47.4 Å². The standard InChI is InChI=1S/C23H24N2O5/c1-4-28-20-14-18(25-23(27)19-12-11-15(3)30-19)21(29-5-2)13-17(20)24-22(26)16-9-7-6-8-10-16/h6-14H,4-5H2,1-3H3,(H,24,26)(H,25,27). The molecular weight excluding hydrogens is 384 g/mol. The van der Waals surface area contributed by atoms with E-state index in [1.807, 2.05) is 19.9 Å². The Morgan fingerprint density at radius 2 is 1.40 bits per heavy atom. The quantitative estimate of drug-likeness (QED) is 0.554. The van der Waals surface area contributed by atoms with Crippen LogP contribution in [0.3, 0.4) is 0 Å². The molecule has 7 nitrogen and oxygen atoms in total. The molecule has 2 aromatic carbocycles. The number of carbonyl (C=O) groups excluding carboxylic acids is 2. The average Bonchev–Trinajstić information content (AvgIpc) is 3.18. The first-order valence-electron chi connectivity index (χ1n) is 9.69. The molecule has 0 aliphatic carbocycles. The van der Waals surface area contributed by atoms with Gasteiger partial charge in [-0.2, -0.15) is 0 Å². The van der Waals surface area contributed by atoms with Gasteiger partial charge in [-0.3, -0.25) is 9.59 Å². The number of nitrogens with one attached hydrogen (secondary N) is 2. The van der Waals surface area contributed by atoms with E-state index in [9.17, 15) is 9.59 Å². The molecule has 0 aliphatic rings. The summed E-state index contributed by atoms with van der Waals surface area (Å²) in [7, 11) is 0. The molecule has 0 saturated carbocycles. The second-order valence-electron chi connectivity index (χ2n) is 6.40. The summed E-state index contributed by atoms with van der Waals surface area (Å²) < 4.78 is 16.8. The van der Waals surface area contributed by atoms with Gasteiger partial charge < -0.3 is 24.5 Å². The van der Waals surface area contributed by atoms with Gasteiger partial charge in [0.05, 0.1) is 24.6 Å². The molecule has 2 amide bonds. The summed E-state index contributed by atoms with van der Waals surface area (Å²) in [6.07, 6.45) is 0. The van der Waals surface area contributed by atoms with Crippen LogP contribution in [0.4, 0.5) is 11.4 Å². The van der Waals surface area contributed by atoms with Crippen LogP contribution in [0.5, 0.6) is 11.5 Å². The summed E-state index contributed by atoms with van der Waals surface area (Å²) in [5.41, 5.74) is 1.38. The Balaban J connectivity index is 1.92. The number of aryl methyl sites for hydroxylation is 1. The highest BCUT2D eigenvalue weighted by Crippen LogP contribution is 2.37. The number of benzene rings is 2. The van der Waals surface area contributed by atoms with Gasteiger partial charge in [0.15, 0.2) is 5.76 Å². The molecule has 0 bridgehead atoms. The topological polar surface area (TPSA) is 89.8 Å². The maximum Gasteiger partial charge on any atom is 0.291 e. The Bertz CT molecular complexity index is 1030. The molecule has 1 aromatic heterocycles. The third-order valence-corrected chi connectivity index (χ3v) is 4.18. The second-order valence-corrected chi connectivity index (χ2v) is 6.40. The fourth-order valence-electron chi connectivity index (χ4n) is 2.83. The van der Waals surface area contributed by atoms with Gasteiger partial charge in [-0.25, -0.2) is 0 Å². The third-order valence-electron chi connectivity index (χ3n) is 4.18. The maximum atomic E-state index is 12.6. The number of carbonyl (C=O) groups is 2. The molecule has 7 heteroatoms. The van der Waals surface area contributed by atoms with Crippen molar-refractivity contribution in [2.45, 2.75) is 20.8 Å². The zero-order valence-electron chi connectivity index (χ0n) is 17.2.